The van der Waals surface area contributed by atoms with Gasteiger partial charge in [-0.05, 0) is 57.4 Å². The number of nitrogens with zero attached hydrogens (tertiary/aromatic N) is 2. The van der Waals surface area contributed by atoms with Crippen LogP contribution >= 0.6 is 0 Å². The first-order valence-corrected chi connectivity index (χ1v) is 10.1. The lowest BCUT2D eigenvalue weighted by Gasteiger charge is -2.36. The number of ether oxygens (including phenoxy) is 2. The molecule has 2 saturated carbocycles. The summed E-state index contributed by atoms with van der Waals surface area (Å²) in [5, 5.41) is 3.30. The first kappa shape index (κ1) is 17.6. The maximum Gasteiger partial charge on any atom is 0.317 e. The summed E-state index contributed by atoms with van der Waals surface area (Å²) in [5.41, 5.74) is 0. The fourth-order valence-corrected chi connectivity index (χ4v) is 4.10. The van der Waals surface area contributed by atoms with E-state index in [2.05, 4.69) is 17.3 Å². The molecular weight excluding hydrogens is 318 g/mol. The second-order valence-corrected chi connectivity index (χ2v) is 8.52. The summed E-state index contributed by atoms with van der Waals surface area (Å²) in [6.45, 7) is 5.03. The molecular formula is C19H33N3O3. The highest BCUT2D eigenvalue weighted by Crippen LogP contribution is 2.38. The highest BCUT2D eigenvalue weighted by atomic mass is 16.5. The maximum absolute atomic E-state index is 12.9. The van der Waals surface area contributed by atoms with Gasteiger partial charge in [-0.3, -0.25) is 0 Å². The van der Waals surface area contributed by atoms with Gasteiger partial charge >= 0.3 is 6.03 Å². The van der Waals surface area contributed by atoms with Crippen molar-refractivity contribution >= 4 is 6.03 Å². The number of rotatable bonds is 6. The lowest BCUT2D eigenvalue weighted by Crippen LogP contribution is -2.53. The number of hydrogen-bond acceptors (Lipinski definition) is 4. The number of hydrogen-bond donors (Lipinski definition) is 1. The smallest absolute Gasteiger partial charge is 0.317 e. The molecule has 0 aromatic carbocycles. The van der Waals surface area contributed by atoms with E-state index in [-0.39, 0.29) is 18.2 Å². The average Bonchev–Trinajstić information content (AvgIpc) is 3.48. The van der Waals surface area contributed by atoms with Crippen LogP contribution in [-0.4, -0.2) is 80.5 Å². The quantitative estimate of drug-likeness (QED) is 0.791. The van der Waals surface area contributed by atoms with Gasteiger partial charge in [0.15, 0.2) is 0 Å². The van der Waals surface area contributed by atoms with Crippen LogP contribution in [0.15, 0.2) is 0 Å². The molecule has 1 N–H and O–H groups in total. The fraction of sp³-hybridized carbons (Fsp3) is 0.947. The summed E-state index contributed by atoms with van der Waals surface area (Å²) in [6.07, 6.45) is 7.54. The van der Waals surface area contributed by atoms with Gasteiger partial charge in [0, 0.05) is 38.8 Å². The third kappa shape index (κ3) is 5.08. The van der Waals surface area contributed by atoms with Crippen molar-refractivity contribution in [3.8, 4) is 0 Å². The zero-order chi connectivity index (χ0) is 17.2. The van der Waals surface area contributed by atoms with E-state index < -0.39 is 0 Å². The SMILES string of the molecule is CN1CCOC(CN(CC2CC2)C(=O)NC2CCOC(C3CC3)C2)C1. The normalized spacial score (nSPS) is 33.9. The largest absolute Gasteiger partial charge is 0.378 e. The van der Waals surface area contributed by atoms with Crippen molar-refractivity contribution in [2.75, 3.05) is 46.4 Å². The Morgan fingerprint density at radius 2 is 1.96 bits per heavy atom. The molecule has 2 aliphatic heterocycles. The molecule has 3 atom stereocenters. The van der Waals surface area contributed by atoms with Crippen LogP contribution in [0, 0.1) is 11.8 Å². The number of carbonyl (C=O) groups excluding carboxylic acids is 1. The molecule has 6 heteroatoms. The zero-order valence-electron chi connectivity index (χ0n) is 15.5. The molecule has 0 spiro atoms. The van der Waals surface area contributed by atoms with Crippen molar-refractivity contribution in [2.24, 2.45) is 11.8 Å². The Bertz CT molecular complexity index is 467. The minimum Gasteiger partial charge on any atom is -0.378 e. The van der Waals surface area contributed by atoms with Gasteiger partial charge in [-0.15, -0.1) is 0 Å². The standard InChI is InChI=1S/C19H33N3O3/c1-21-7-9-24-17(12-21)13-22(11-14-2-3-14)19(23)20-16-6-8-25-18(10-16)15-4-5-15/h14-18H,2-13H2,1H3,(H,20,23). The zero-order valence-corrected chi connectivity index (χ0v) is 15.5. The van der Waals surface area contributed by atoms with Crippen molar-refractivity contribution in [1.29, 1.82) is 0 Å². The third-order valence-electron chi connectivity index (χ3n) is 6.02. The molecule has 25 heavy (non-hydrogen) atoms. The van der Waals surface area contributed by atoms with E-state index in [1.54, 1.807) is 0 Å². The predicted octanol–water partition coefficient (Wildman–Crippen LogP) is 1.70. The van der Waals surface area contributed by atoms with E-state index >= 15 is 0 Å². The molecule has 6 nitrogen and oxygen atoms in total. The van der Waals surface area contributed by atoms with E-state index in [0.29, 0.717) is 18.6 Å². The Morgan fingerprint density at radius 1 is 1.12 bits per heavy atom. The van der Waals surface area contributed by atoms with E-state index in [0.717, 1.165) is 51.6 Å². The molecule has 0 radical (unpaired) electrons. The monoisotopic (exact) mass is 351 g/mol. The molecule has 4 fully saturated rings. The van der Waals surface area contributed by atoms with Crippen molar-refractivity contribution in [3.63, 3.8) is 0 Å². The Labute approximate surface area is 151 Å². The summed E-state index contributed by atoms with van der Waals surface area (Å²) < 4.78 is 11.8. The number of urea groups is 1. The number of morpholine rings is 1. The molecule has 142 valence electrons. The molecule has 2 amide bonds. The van der Waals surface area contributed by atoms with Gasteiger partial charge in [0.2, 0.25) is 0 Å². The van der Waals surface area contributed by atoms with Gasteiger partial charge in [-0.2, -0.15) is 0 Å². The lowest BCUT2D eigenvalue weighted by molar-refractivity contribution is -0.0321. The summed E-state index contributed by atoms with van der Waals surface area (Å²) in [7, 11) is 2.13. The predicted molar refractivity (Wildman–Crippen MR) is 95.6 cm³/mol. The van der Waals surface area contributed by atoms with Crippen molar-refractivity contribution in [3.05, 3.63) is 0 Å². The van der Waals surface area contributed by atoms with Gasteiger partial charge in [-0.25, -0.2) is 4.79 Å². The Hall–Kier alpha value is -0.850. The highest BCUT2D eigenvalue weighted by molar-refractivity contribution is 5.74. The van der Waals surface area contributed by atoms with Crippen LogP contribution in [-0.2, 0) is 9.47 Å². The summed E-state index contributed by atoms with van der Waals surface area (Å²) in [5.74, 6) is 1.44. The van der Waals surface area contributed by atoms with Crippen molar-refractivity contribution in [2.45, 2.75) is 56.8 Å². The minimum absolute atomic E-state index is 0.102. The lowest BCUT2D eigenvalue weighted by atomic mass is 10.0. The van der Waals surface area contributed by atoms with Crippen molar-refractivity contribution < 1.29 is 14.3 Å². The van der Waals surface area contributed by atoms with Crippen LogP contribution < -0.4 is 5.32 Å². The van der Waals surface area contributed by atoms with Crippen LogP contribution in [0.5, 0.6) is 0 Å². The number of carbonyl (C=O) groups is 1. The van der Waals surface area contributed by atoms with Gasteiger partial charge in [0.1, 0.15) is 0 Å². The van der Waals surface area contributed by atoms with Crippen molar-refractivity contribution in [1.82, 2.24) is 15.1 Å². The van der Waals surface area contributed by atoms with E-state index in [4.69, 9.17) is 9.47 Å². The Kier molecular flexibility index (Phi) is 5.48. The van der Waals surface area contributed by atoms with Gasteiger partial charge in [0.25, 0.3) is 0 Å². The average molecular weight is 351 g/mol. The molecule has 4 aliphatic rings. The highest BCUT2D eigenvalue weighted by Gasteiger charge is 2.37. The second kappa shape index (κ2) is 7.80. The number of likely N-dealkylation sites (N-methyl/N-ethyl adjacent to an activating group) is 1. The van der Waals surface area contributed by atoms with Crippen LogP contribution in [0.1, 0.15) is 38.5 Å². The fourth-order valence-electron chi connectivity index (χ4n) is 4.10. The maximum atomic E-state index is 12.9. The van der Waals surface area contributed by atoms with Crippen LogP contribution in [0.25, 0.3) is 0 Å². The number of nitrogens with one attached hydrogen (secondary N) is 1. The van der Waals surface area contributed by atoms with Gasteiger partial charge in [0.05, 0.1) is 18.8 Å². The second-order valence-electron chi connectivity index (χ2n) is 8.52. The molecule has 2 aliphatic carbocycles. The van der Waals surface area contributed by atoms with Crippen LogP contribution in [0.3, 0.4) is 0 Å². The summed E-state index contributed by atoms with van der Waals surface area (Å²) >= 11 is 0. The van der Waals surface area contributed by atoms with Crippen LogP contribution in [0.2, 0.25) is 0 Å². The van der Waals surface area contributed by atoms with E-state index in [1.165, 1.54) is 25.7 Å². The van der Waals surface area contributed by atoms with Crippen LogP contribution in [0.4, 0.5) is 4.79 Å². The Morgan fingerprint density at radius 3 is 2.68 bits per heavy atom. The molecule has 0 bridgehead atoms. The molecule has 2 saturated heterocycles. The molecule has 2 heterocycles. The Balaban J connectivity index is 1.30. The molecule has 0 aromatic heterocycles. The molecule has 3 unspecified atom stereocenters. The van der Waals surface area contributed by atoms with E-state index in [9.17, 15) is 4.79 Å². The summed E-state index contributed by atoms with van der Waals surface area (Å²) in [6, 6.07) is 0.369. The molecule has 0 aromatic rings. The van der Waals surface area contributed by atoms with E-state index in [1.807, 2.05) is 4.90 Å². The minimum atomic E-state index is 0.102. The summed E-state index contributed by atoms with van der Waals surface area (Å²) in [4.78, 5) is 17.2. The topological polar surface area (TPSA) is 54.0 Å². The van der Waals surface area contributed by atoms with Gasteiger partial charge in [-0.1, -0.05) is 0 Å². The molecule has 4 rings (SSSR count). The first-order valence-electron chi connectivity index (χ1n) is 10.1. The third-order valence-corrected chi connectivity index (χ3v) is 6.02. The van der Waals surface area contributed by atoms with Gasteiger partial charge < -0.3 is 24.6 Å². The first-order chi connectivity index (χ1) is 12.2. The number of amides is 2.